The predicted octanol–water partition coefficient (Wildman–Crippen LogP) is 5.89. The first kappa shape index (κ1) is 23.5. The molecule has 2 atom stereocenters. The average molecular weight is 460 g/mol. The highest BCUT2D eigenvalue weighted by Gasteiger charge is 2.50. The third kappa shape index (κ3) is 5.28. The molecule has 1 aromatic heterocycles. The summed E-state index contributed by atoms with van der Waals surface area (Å²) >= 11 is 0. The Hall–Kier alpha value is -2.70. The molecule has 5 nitrogen and oxygen atoms in total. The molecule has 0 amide bonds. The van der Waals surface area contributed by atoms with Crippen LogP contribution in [0.3, 0.4) is 0 Å². The molecule has 33 heavy (non-hydrogen) atoms. The van der Waals surface area contributed by atoms with E-state index >= 15 is 4.39 Å². The van der Waals surface area contributed by atoms with Crippen LogP contribution in [0.15, 0.2) is 36.5 Å². The number of hydrogen-bond donors (Lipinski definition) is 1. The van der Waals surface area contributed by atoms with Crippen molar-refractivity contribution in [2.75, 3.05) is 13.7 Å². The zero-order valence-electron chi connectivity index (χ0n) is 19.1. The minimum absolute atomic E-state index is 0.0498. The first-order valence-electron chi connectivity index (χ1n) is 11.6. The molecule has 178 valence electrons. The molecule has 2 saturated carbocycles. The first-order valence-corrected chi connectivity index (χ1v) is 11.6. The largest absolute Gasteiger partial charge is 0.493 e. The van der Waals surface area contributed by atoms with Crippen LogP contribution in [0.5, 0.6) is 11.6 Å². The second-order valence-electron chi connectivity index (χ2n) is 9.55. The van der Waals surface area contributed by atoms with E-state index in [0.717, 1.165) is 45.4 Å². The molecule has 4 rings (SSSR count). The summed E-state index contributed by atoms with van der Waals surface area (Å²) in [5.41, 5.74) is -0.982. The Bertz CT molecular complexity index is 984. The summed E-state index contributed by atoms with van der Waals surface area (Å²) in [6, 6.07) is 8.89. The summed E-state index contributed by atoms with van der Waals surface area (Å²) in [7, 11) is 1.52. The highest BCUT2D eigenvalue weighted by Crippen LogP contribution is 2.50. The standard InChI is InChI=1S/C26H31F2NO4/c1-26(28,25(30)31)24(18-10-11-18)19-4-3-5-20(12-19)33-15-16-6-8-17(9-7-16)21-13-23(32-2)29-14-22(21)27/h3-5,12-14,16-18,24H,6-11,15H2,1-2H3,(H,30,31)/t16-,17-,24-,26?/m0/s1. The van der Waals surface area contributed by atoms with Crippen molar-refractivity contribution in [2.45, 2.75) is 63.0 Å². The maximum Gasteiger partial charge on any atom is 0.341 e. The molecular formula is C26H31F2NO4. The smallest absolute Gasteiger partial charge is 0.341 e. The van der Waals surface area contributed by atoms with Gasteiger partial charge in [-0.05, 0) is 86.5 Å². The first-order chi connectivity index (χ1) is 15.8. The Balaban J connectivity index is 1.36. The van der Waals surface area contributed by atoms with Gasteiger partial charge in [0, 0.05) is 12.0 Å². The Morgan fingerprint density at radius 2 is 1.94 bits per heavy atom. The van der Waals surface area contributed by atoms with E-state index in [0.29, 0.717) is 35.3 Å². The number of methoxy groups -OCH3 is 1. The monoisotopic (exact) mass is 459 g/mol. The fraction of sp³-hybridized carbons (Fsp3) is 0.538. The maximum atomic E-state index is 15.0. The van der Waals surface area contributed by atoms with Crippen molar-refractivity contribution < 1.29 is 28.2 Å². The molecule has 2 fully saturated rings. The van der Waals surface area contributed by atoms with Crippen LogP contribution >= 0.6 is 0 Å². The lowest BCUT2D eigenvalue weighted by atomic mass is 9.79. The molecule has 2 aromatic rings. The van der Waals surface area contributed by atoms with E-state index in [-0.39, 0.29) is 17.7 Å². The molecule has 0 saturated heterocycles. The van der Waals surface area contributed by atoms with E-state index < -0.39 is 17.6 Å². The van der Waals surface area contributed by atoms with Crippen LogP contribution in [0.25, 0.3) is 0 Å². The van der Waals surface area contributed by atoms with Crippen molar-refractivity contribution in [3.63, 3.8) is 0 Å². The van der Waals surface area contributed by atoms with Crippen molar-refractivity contribution >= 4 is 5.97 Å². The third-order valence-corrected chi connectivity index (χ3v) is 7.15. The van der Waals surface area contributed by atoms with E-state index in [9.17, 15) is 14.3 Å². The lowest BCUT2D eigenvalue weighted by molar-refractivity contribution is -0.151. The molecule has 1 unspecified atom stereocenters. The van der Waals surface area contributed by atoms with Gasteiger partial charge in [0.05, 0.1) is 19.9 Å². The van der Waals surface area contributed by atoms with Crippen molar-refractivity contribution in [1.29, 1.82) is 0 Å². The minimum Gasteiger partial charge on any atom is -0.493 e. The van der Waals surface area contributed by atoms with E-state index in [4.69, 9.17) is 9.47 Å². The van der Waals surface area contributed by atoms with Crippen molar-refractivity contribution in [3.8, 4) is 11.6 Å². The third-order valence-electron chi connectivity index (χ3n) is 7.15. The van der Waals surface area contributed by atoms with Gasteiger partial charge in [0.15, 0.2) is 0 Å². The van der Waals surface area contributed by atoms with Crippen LogP contribution < -0.4 is 9.47 Å². The fourth-order valence-electron chi connectivity index (χ4n) is 5.10. The maximum absolute atomic E-state index is 15.0. The number of carboxylic acids is 1. The number of benzene rings is 1. The fourth-order valence-corrected chi connectivity index (χ4v) is 5.10. The van der Waals surface area contributed by atoms with Gasteiger partial charge in [0.25, 0.3) is 0 Å². The molecule has 0 radical (unpaired) electrons. The number of nitrogens with zero attached hydrogens (tertiary/aromatic N) is 1. The second kappa shape index (κ2) is 9.65. The van der Waals surface area contributed by atoms with Gasteiger partial charge in [0.1, 0.15) is 11.6 Å². The number of alkyl halides is 1. The second-order valence-corrected chi connectivity index (χ2v) is 9.55. The zero-order chi connectivity index (χ0) is 23.6. The summed E-state index contributed by atoms with van der Waals surface area (Å²) < 4.78 is 40.5. The Labute approximate surface area is 193 Å². The van der Waals surface area contributed by atoms with Crippen molar-refractivity contribution in [2.24, 2.45) is 11.8 Å². The number of carbonyl (C=O) groups is 1. The summed E-state index contributed by atoms with van der Waals surface area (Å²) in [5.74, 6) is -0.806. The molecule has 2 aliphatic rings. The zero-order valence-corrected chi connectivity index (χ0v) is 19.1. The molecule has 7 heteroatoms. The number of rotatable bonds is 9. The minimum atomic E-state index is -2.32. The van der Waals surface area contributed by atoms with Gasteiger partial charge in [-0.25, -0.2) is 18.6 Å². The van der Waals surface area contributed by atoms with Crippen LogP contribution in [0.2, 0.25) is 0 Å². The van der Waals surface area contributed by atoms with Gasteiger partial charge in [0.2, 0.25) is 11.5 Å². The molecule has 2 aliphatic carbocycles. The summed E-state index contributed by atoms with van der Waals surface area (Å²) in [5, 5.41) is 9.40. The van der Waals surface area contributed by atoms with Gasteiger partial charge in [-0.1, -0.05) is 12.1 Å². The van der Waals surface area contributed by atoms with E-state index in [1.165, 1.54) is 13.3 Å². The highest BCUT2D eigenvalue weighted by molar-refractivity contribution is 5.78. The van der Waals surface area contributed by atoms with E-state index in [2.05, 4.69) is 4.98 Å². The molecule has 1 N–H and O–H groups in total. The number of pyridine rings is 1. The number of halogens is 2. The lowest BCUT2D eigenvalue weighted by Crippen LogP contribution is -2.38. The molecule has 0 aliphatic heterocycles. The van der Waals surface area contributed by atoms with Crippen molar-refractivity contribution in [1.82, 2.24) is 4.98 Å². The van der Waals surface area contributed by atoms with Crippen LogP contribution in [-0.4, -0.2) is 35.4 Å². The van der Waals surface area contributed by atoms with Gasteiger partial charge in [-0.2, -0.15) is 0 Å². The van der Waals surface area contributed by atoms with Gasteiger partial charge < -0.3 is 14.6 Å². The molecule has 0 bridgehead atoms. The number of hydrogen-bond acceptors (Lipinski definition) is 4. The van der Waals surface area contributed by atoms with Gasteiger partial charge in [-0.15, -0.1) is 0 Å². The SMILES string of the molecule is COc1cc([C@H]2CC[C@H](COc3cccc([C@H](C4CC4)C(C)(F)C(=O)O)c3)CC2)c(F)cn1. The molecule has 0 spiro atoms. The van der Waals surface area contributed by atoms with Crippen LogP contribution in [0.4, 0.5) is 8.78 Å². The quantitative estimate of drug-likeness (QED) is 0.507. The van der Waals surface area contributed by atoms with Gasteiger partial charge >= 0.3 is 5.97 Å². The Morgan fingerprint density at radius 1 is 1.21 bits per heavy atom. The van der Waals surface area contributed by atoms with Gasteiger partial charge in [-0.3, -0.25) is 0 Å². The van der Waals surface area contributed by atoms with Crippen LogP contribution in [-0.2, 0) is 4.79 Å². The van der Waals surface area contributed by atoms with Crippen LogP contribution in [0.1, 0.15) is 68.4 Å². The summed E-state index contributed by atoms with van der Waals surface area (Å²) in [4.78, 5) is 15.4. The normalized spacial score (nSPS) is 23.4. The number of ether oxygens (including phenoxy) is 2. The Morgan fingerprint density at radius 3 is 2.58 bits per heavy atom. The predicted molar refractivity (Wildman–Crippen MR) is 120 cm³/mol. The summed E-state index contributed by atoms with van der Waals surface area (Å²) in [6.07, 6.45) is 6.46. The highest BCUT2D eigenvalue weighted by atomic mass is 19.1. The van der Waals surface area contributed by atoms with E-state index in [1.807, 2.05) is 6.07 Å². The molecule has 1 heterocycles. The Kier molecular flexibility index (Phi) is 6.86. The lowest BCUT2D eigenvalue weighted by Gasteiger charge is -2.29. The number of aliphatic carboxylic acids is 1. The van der Waals surface area contributed by atoms with Crippen molar-refractivity contribution in [3.05, 3.63) is 53.5 Å². The molecular weight excluding hydrogens is 428 g/mol. The molecule has 1 aromatic carbocycles. The summed E-state index contributed by atoms with van der Waals surface area (Å²) in [6.45, 7) is 1.68. The average Bonchev–Trinajstić information content (AvgIpc) is 3.63. The van der Waals surface area contributed by atoms with Crippen LogP contribution in [0, 0.1) is 17.7 Å². The topological polar surface area (TPSA) is 68.7 Å². The number of aromatic nitrogens is 1. The van der Waals surface area contributed by atoms with E-state index in [1.54, 1.807) is 24.3 Å². The number of carboxylic acid groups (broad SMARTS) is 1.